The van der Waals surface area contributed by atoms with Crippen LogP contribution in [0.3, 0.4) is 0 Å². The Morgan fingerprint density at radius 3 is 1.64 bits per heavy atom. The van der Waals surface area contributed by atoms with Crippen molar-refractivity contribution >= 4 is 21.8 Å². The summed E-state index contributed by atoms with van der Waals surface area (Å²) in [5.74, 6) is 1.18. The first-order chi connectivity index (χ1) is 32.3. The molecule has 10 aromatic rings. The lowest BCUT2D eigenvalue weighted by molar-refractivity contribution is 1.07. The van der Waals surface area contributed by atoms with Crippen LogP contribution in [0, 0.1) is 0 Å². The van der Waals surface area contributed by atoms with Crippen LogP contribution in [0.1, 0.15) is 16.4 Å². The molecule has 0 spiro atoms. The van der Waals surface area contributed by atoms with Gasteiger partial charge in [0.1, 0.15) is 0 Å². The Morgan fingerprint density at radius 1 is 0.364 bits per heavy atom. The second-order valence-electron chi connectivity index (χ2n) is 12.7. The maximum atomic E-state index is 9.48. The van der Waals surface area contributed by atoms with Crippen LogP contribution in [0.2, 0.25) is 0 Å². The third kappa shape index (κ3) is 6.06. The van der Waals surface area contributed by atoms with E-state index in [1.165, 1.54) is 4.57 Å². The fourth-order valence-corrected chi connectivity index (χ4v) is 6.78. The van der Waals surface area contributed by atoms with Crippen LogP contribution in [0.5, 0.6) is 0 Å². The number of hydrogen-bond donors (Lipinski definition) is 0. The minimum Gasteiger partial charge on any atom is -0.309 e. The van der Waals surface area contributed by atoms with Crippen molar-refractivity contribution in [3.05, 3.63) is 206 Å². The number of rotatable bonds is 7. The van der Waals surface area contributed by atoms with Gasteiger partial charge in [0.25, 0.3) is 0 Å². The maximum absolute atomic E-state index is 9.48. The molecule has 2 aromatic heterocycles. The molecule has 0 saturated carbocycles. The largest absolute Gasteiger partial charge is 0.309 e. The monoisotopic (exact) mass is 714 g/mol. The maximum Gasteiger partial charge on any atom is 0.164 e. The predicted molar refractivity (Wildman–Crippen MR) is 227 cm³/mol. The van der Waals surface area contributed by atoms with Crippen LogP contribution >= 0.6 is 0 Å². The highest BCUT2D eigenvalue weighted by Gasteiger charge is 2.18. The zero-order valence-electron chi connectivity index (χ0n) is 41.0. The number of aromatic nitrogens is 4. The molecule has 0 amide bonds. The molecule has 0 unspecified atom stereocenters. The Balaban J connectivity index is 1.19. The molecule has 8 aromatic carbocycles. The number of para-hydroxylation sites is 1. The van der Waals surface area contributed by atoms with Gasteiger partial charge in [-0.1, -0.05) is 151 Å². The van der Waals surface area contributed by atoms with Crippen LogP contribution in [0.4, 0.5) is 0 Å². The molecule has 10 rings (SSSR count). The Kier molecular flexibility index (Phi) is 5.52. The SMILES string of the molecule is [2H]c1c([2H])c([2H])c(-c2c([2H])c([2H])c3c(c2[2H])c2c([2H])c([2H])c([2H])c([2H])c2n3-c2ccc(-c3nc(-c4ccccc4)nc(-c4ccc(-c5ccccc5)cc4-c4ccccc4)n3)cc2)c([2H])c1[2H]. The summed E-state index contributed by atoms with van der Waals surface area (Å²) >= 11 is 0. The van der Waals surface area contributed by atoms with Crippen molar-refractivity contribution in [3.8, 4) is 73.2 Å². The van der Waals surface area contributed by atoms with Gasteiger partial charge in [0, 0.05) is 33.2 Å². The highest BCUT2D eigenvalue weighted by atomic mass is 15.0. The van der Waals surface area contributed by atoms with Gasteiger partial charge in [-0.15, -0.1) is 0 Å². The van der Waals surface area contributed by atoms with Gasteiger partial charge in [-0.2, -0.15) is 0 Å². The first-order valence-corrected chi connectivity index (χ1v) is 17.6. The molecule has 0 aliphatic heterocycles. The number of hydrogen-bond acceptors (Lipinski definition) is 3. The van der Waals surface area contributed by atoms with Crippen LogP contribution < -0.4 is 0 Å². The van der Waals surface area contributed by atoms with Gasteiger partial charge in [0.05, 0.1) is 27.5 Å². The van der Waals surface area contributed by atoms with Gasteiger partial charge in [-0.3, -0.25) is 0 Å². The van der Waals surface area contributed by atoms with E-state index in [4.69, 9.17) is 27.3 Å². The van der Waals surface area contributed by atoms with E-state index in [9.17, 15) is 4.11 Å². The van der Waals surface area contributed by atoms with Crippen molar-refractivity contribution in [1.29, 1.82) is 0 Å². The van der Waals surface area contributed by atoms with E-state index in [0.29, 0.717) is 28.7 Å². The summed E-state index contributed by atoms with van der Waals surface area (Å²) in [7, 11) is 0. The molecule has 0 N–H and O–H groups in total. The Labute approximate surface area is 336 Å². The van der Waals surface area contributed by atoms with Crippen molar-refractivity contribution in [2.45, 2.75) is 0 Å². The summed E-state index contributed by atoms with van der Waals surface area (Å²) in [5, 5.41) is -0.268. The molecule has 258 valence electrons. The Bertz CT molecular complexity index is 3610. The van der Waals surface area contributed by atoms with E-state index in [1.54, 1.807) is 24.3 Å². The lowest BCUT2D eigenvalue weighted by Gasteiger charge is -2.14. The van der Waals surface area contributed by atoms with Crippen molar-refractivity contribution < 1.29 is 16.4 Å². The van der Waals surface area contributed by atoms with Gasteiger partial charge in [0.2, 0.25) is 0 Å². The van der Waals surface area contributed by atoms with Crippen molar-refractivity contribution in [2.24, 2.45) is 0 Å². The topological polar surface area (TPSA) is 43.6 Å². The van der Waals surface area contributed by atoms with Gasteiger partial charge >= 0.3 is 0 Å². The summed E-state index contributed by atoms with van der Waals surface area (Å²) < 4.78 is 107. The molecule has 55 heavy (non-hydrogen) atoms. The standard InChI is InChI=1S/C51H34N4/c1-5-15-35(16-6-1)40-27-31-44(45(33-40)37-19-9-3-10-20-37)51-53-49(38-21-11-4-12-22-38)52-50(54-51)39-25-29-42(30-26-39)55-47-24-14-13-23-43(47)46-34-41(28-32-48(46)55)36-17-7-2-8-18-36/h1-34H/i2D,7D,8D,13D,14D,17D,18D,23D,24D,28D,32D,34D. The molecule has 0 fully saturated rings. The van der Waals surface area contributed by atoms with Gasteiger partial charge in [-0.25, -0.2) is 15.0 Å². The number of fused-ring (bicyclic) bond motifs is 3. The van der Waals surface area contributed by atoms with Crippen molar-refractivity contribution in [1.82, 2.24) is 19.5 Å². The first-order valence-electron chi connectivity index (χ1n) is 23.6. The third-order valence-corrected chi connectivity index (χ3v) is 9.41. The van der Waals surface area contributed by atoms with E-state index in [2.05, 4.69) is 18.2 Å². The second kappa shape index (κ2) is 13.8. The quantitative estimate of drug-likeness (QED) is 0.165. The second-order valence-corrected chi connectivity index (χ2v) is 12.7. The van der Waals surface area contributed by atoms with Gasteiger partial charge < -0.3 is 4.57 Å². The van der Waals surface area contributed by atoms with Crippen LogP contribution in [-0.4, -0.2) is 19.5 Å². The Hall–Kier alpha value is -7.43. The van der Waals surface area contributed by atoms with Gasteiger partial charge in [0.15, 0.2) is 17.5 Å². The first kappa shape index (κ1) is 21.9. The Morgan fingerprint density at radius 2 is 0.927 bits per heavy atom. The number of nitrogens with zero attached hydrogens (tertiary/aromatic N) is 4. The van der Waals surface area contributed by atoms with E-state index < -0.39 is 83.6 Å². The van der Waals surface area contributed by atoms with E-state index in [0.717, 1.165) is 33.4 Å². The molecule has 0 radical (unpaired) electrons. The molecular weight excluding hydrogens is 669 g/mol. The van der Waals surface area contributed by atoms with E-state index >= 15 is 0 Å². The van der Waals surface area contributed by atoms with Crippen LogP contribution in [0.15, 0.2) is 206 Å². The van der Waals surface area contributed by atoms with Crippen LogP contribution in [0.25, 0.3) is 95.0 Å². The minimum absolute atomic E-state index is 0.0745. The molecule has 2 heterocycles. The molecular formula is C51H34N4. The zero-order chi connectivity index (χ0) is 47.0. The molecule has 4 nitrogen and oxygen atoms in total. The summed E-state index contributed by atoms with van der Waals surface area (Å²) in [6.45, 7) is 0. The van der Waals surface area contributed by atoms with Crippen molar-refractivity contribution in [2.75, 3.05) is 0 Å². The fraction of sp³-hybridized carbons (Fsp3) is 0. The average molecular weight is 715 g/mol. The minimum atomic E-state index is -0.690. The molecule has 0 aliphatic rings. The third-order valence-electron chi connectivity index (χ3n) is 9.41. The lowest BCUT2D eigenvalue weighted by Crippen LogP contribution is -2.01. The fourth-order valence-electron chi connectivity index (χ4n) is 6.78. The van der Waals surface area contributed by atoms with E-state index in [1.807, 2.05) is 91.0 Å². The molecule has 4 heteroatoms. The summed E-state index contributed by atoms with van der Waals surface area (Å²) in [6.07, 6.45) is 0. The zero-order valence-corrected chi connectivity index (χ0v) is 29.0. The average Bonchev–Trinajstić information content (AvgIpc) is 3.74. The normalized spacial score (nSPS) is 14.3. The van der Waals surface area contributed by atoms with Gasteiger partial charge in [-0.05, 0) is 87.9 Å². The lowest BCUT2D eigenvalue weighted by atomic mass is 9.94. The van der Waals surface area contributed by atoms with Crippen LogP contribution in [-0.2, 0) is 0 Å². The highest BCUT2D eigenvalue weighted by molar-refractivity contribution is 6.10. The van der Waals surface area contributed by atoms with Crippen molar-refractivity contribution in [3.63, 3.8) is 0 Å². The molecule has 0 aliphatic carbocycles. The molecule has 0 saturated heterocycles. The summed E-state index contributed by atoms with van der Waals surface area (Å²) in [5.41, 5.74) is 5.29. The van der Waals surface area contributed by atoms with E-state index in [-0.39, 0.29) is 21.8 Å². The smallest absolute Gasteiger partial charge is 0.164 e. The summed E-state index contributed by atoms with van der Waals surface area (Å²) in [6, 6.07) is 35.4. The molecule has 0 bridgehead atoms. The summed E-state index contributed by atoms with van der Waals surface area (Å²) in [4.78, 5) is 15.0. The highest BCUT2D eigenvalue weighted by Crippen LogP contribution is 2.38. The molecule has 0 atom stereocenters. The predicted octanol–water partition coefficient (Wildman–Crippen LogP) is 13.0. The number of benzene rings is 8.